The lowest BCUT2D eigenvalue weighted by molar-refractivity contribution is -0.124. The lowest BCUT2D eigenvalue weighted by Gasteiger charge is -2.11. The van der Waals surface area contributed by atoms with Crippen molar-refractivity contribution >= 4 is 17.4 Å². The Bertz CT molecular complexity index is 653. The Morgan fingerprint density at radius 1 is 1.26 bits per heavy atom. The zero-order valence-corrected chi connectivity index (χ0v) is 12.6. The van der Waals surface area contributed by atoms with Gasteiger partial charge in [-0.05, 0) is 42.7 Å². The van der Waals surface area contributed by atoms with Gasteiger partial charge in [0.05, 0.1) is 11.9 Å². The lowest BCUT2D eigenvalue weighted by atomic mass is 10.2. The number of hydrogen-bond donors (Lipinski definition) is 2. The first-order valence-corrected chi connectivity index (χ1v) is 7.57. The van der Waals surface area contributed by atoms with Crippen LogP contribution in [-0.4, -0.2) is 23.6 Å². The number of pyridine rings is 1. The molecule has 2 heterocycles. The molecule has 1 unspecified atom stereocenters. The summed E-state index contributed by atoms with van der Waals surface area (Å²) in [5.41, 5.74) is 1.80. The number of hydrogen-bond acceptors (Lipinski definition) is 4. The lowest BCUT2D eigenvalue weighted by Crippen LogP contribution is -2.27. The van der Waals surface area contributed by atoms with Crippen molar-refractivity contribution in [2.45, 2.75) is 25.5 Å². The minimum atomic E-state index is -0.368. The van der Waals surface area contributed by atoms with Gasteiger partial charge in [0.2, 0.25) is 0 Å². The normalized spacial score (nSPS) is 17.0. The van der Waals surface area contributed by atoms with Crippen LogP contribution in [-0.2, 0) is 16.1 Å². The van der Waals surface area contributed by atoms with E-state index in [4.69, 9.17) is 4.74 Å². The summed E-state index contributed by atoms with van der Waals surface area (Å²) in [7, 11) is 0. The number of aromatic nitrogens is 1. The van der Waals surface area contributed by atoms with Gasteiger partial charge < -0.3 is 15.4 Å². The molecular formula is C17H18FN3O2. The van der Waals surface area contributed by atoms with Gasteiger partial charge in [0.1, 0.15) is 17.7 Å². The molecule has 0 saturated carbocycles. The molecule has 1 atom stereocenters. The quantitative estimate of drug-likeness (QED) is 0.890. The van der Waals surface area contributed by atoms with Crippen LogP contribution in [0, 0.1) is 5.82 Å². The second kappa shape index (κ2) is 7.19. The molecule has 1 aromatic carbocycles. The molecule has 2 aromatic rings. The molecule has 1 aliphatic heterocycles. The molecular weight excluding hydrogens is 297 g/mol. The molecule has 0 radical (unpaired) electrons. The van der Waals surface area contributed by atoms with Crippen molar-refractivity contribution in [1.82, 2.24) is 4.98 Å². The predicted molar refractivity (Wildman–Crippen MR) is 85.6 cm³/mol. The second-order valence-electron chi connectivity index (χ2n) is 5.40. The maximum atomic E-state index is 12.8. The van der Waals surface area contributed by atoms with Gasteiger partial charge in [0, 0.05) is 13.2 Å². The molecule has 120 valence electrons. The number of carbonyl (C=O) groups is 1. The first kappa shape index (κ1) is 15.4. The van der Waals surface area contributed by atoms with E-state index in [1.165, 1.54) is 12.1 Å². The maximum Gasteiger partial charge on any atom is 0.254 e. The zero-order chi connectivity index (χ0) is 16.1. The van der Waals surface area contributed by atoms with Crippen molar-refractivity contribution in [3.8, 4) is 0 Å². The Morgan fingerprint density at radius 2 is 2.09 bits per heavy atom. The van der Waals surface area contributed by atoms with Crippen molar-refractivity contribution in [3.05, 3.63) is 54.0 Å². The molecule has 6 heteroatoms. The Labute approximate surface area is 133 Å². The van der Waals surface area contributed by atoms with E-state index in [1.54, 1.807) is 24.4 Å². The number of nitrogens with one attached hydrogen (secondary N) is 2. The fourth-order valence-corrected chi connectivity index (χ4v) is 2.37. The number of anilines is 2. The topological polar surface area (TPSA) is 63.2 Å². The van der Waals surface area contributed by atoms with Crippen molar-refractivity contribution in [3.63, 3.8) is 0 Å². The molecule has 3 rings (SSSR count). The summed E-state index contributed by atoms with van der Waals surface area (Å²) in [5, 5.41) is 5.94. The zero-order valence-electron chi connectivity index (χ0n) is 12.6. The molecule has 1 saturated heterocycles. The van der Waals surface area contributed by atoms with Crippen LogP contribution in [0.4, 0.5) is 15.9 Å². The van der Waals surface area contributed by atoms with E-state index >= 15 is 0 Å². The van der Waals surface area contributed by atoms with Crippen LogP contribution in [0.15, 0.2) is 42.6 Å². The molecule has 2 N–H and O–H groups in total. The Kier molecular flexibility index (Phi) is 4.83. The van der Waals surface area contributed by atoms with Gasteiger partial charge in [0.25, 0.3) is 5.91 Å². The van der Waals surface area contributed by atoms with Gasteiger partial charge in [-0.2, -0.15) is 0 Å². The molecule has 1 aliphatic rings. The van der Waals surface area contributed by atoms with Crippen molar-refractivity contribution < 1.29 is 13.9 Å². The molecule has 1 fully saturated rings. The number of nitrogens with zero attached hydrogens (tertiary/aromatic N) is 1. The largest absolute Gasteiger partial charge is 0.380 e. The van der Waals surface area contributed by atoms with Crippen LogP contribution >= 0.6 is 0 Å². The number of rotatable bonds is 5. The van der Waals surface area contributed by atoms with Crippen molar-refractivity contribution in [2.24, 2.45) is 0 Å². The molecule has 1 amide bonds. The van der Waals surface area contributed by atoms with Gasteiger partial charge in [-0.15, -0.1) is 0 Å². The van der Waals surface area contributed by atoms with Gasteiger partial charge in [0.15, 0.2) is 0 Å². The average Bonchev–Trinajstić information content (AvgIpc) is 3.10. The van der Waals surface area contributed by atoms with Gasteiger partial charge >= 0.3 is 0 Å². The molecule has 1 aromatic heterocycles. The summed E-state index contributed by atoms with van der Waals surface area (Å²) in [5.74, 6) is 0.0987. The van der Waals surface area contributed by atoms with E-state index < -0.39 is 0 Å². The minimum Gasteiger partial charge on any atom is -0.380 e. The fourth-order valence-electron chi connectivity index (χ4n) is 2.37. The molecule has 5 nitrogen and oxygen atoms in total. The molecule has 23 heavy (non-hydrogen) atoms. The van der Waals surface area contributed by atoms with Gasteiger partial charge in [-0.1, -0.05) is 12.1 Å². The molecule has 0 aliphatic carbocycles. The van der Waals surface area contributed by atoms with E-state index in [9.17, 15) is 9.18 Å². The van der Waals surface area contributed by atoms with Gasteiger partial charge in [-0.25, -0.2) is 9.37 Å². The SMILES string of the molecule is O=C(Nc1ccc(NCc2ccc(F)cc2)cn1)C1CCCO1. The Morgan fingerprint density at radius 3 is 2.74 bits per heavy atom. The molecule has 0 spiro atoms. The second-order valence-corrected chi connectivity index (χ2v) is 5.40. The number of ether oxygens (including phenoxy) is 1. The third kappa shape index (κ3) is 4.26. The highest BCUT2D eigenvalue weighted by atomic mass is 19.1. The summed E-state index contributed by atoms with van der Waals surface area (Å²) in [6.45, 7) is 1.21. The van der Waals surface area contributed by atoms with Crippen molar-refractivity contribution in [2.75, 3.05) is 17.2 Å². The summed E-state index contributed by atoms with van der Waals surface area (Å²) >= 11 is 0. The summed E-state index contributed by atoms with van der Waals surface area (Å²) < 4.78 is 18.2. The smallest absolute Gasteiger partial charge is 0.254 e. The van der Waals surface area contributed by atoms with Crippen LogP contribution in [0.3, 0.4) is 0 Å². The fraction of sp³-hybridized carbons (Fsp3) is 0.294. The van der Waals surface area contributed by atoms with Gasteiger partial charge in [-0.3, -0.25) is 4.79 Å². The predicted octanol–water partition coefficient (Wildman–Crippen LogP) is 2.95. The number of halogens is 1. The van der Waals surface area contributed by atoms with Crippen LogP contribution in [0.5, 0.6) is 0 Å². The van der Waals surface area contributed by atoms with E-state index in [2.05, 4.69) is 15.6 Å². The number of carbonyl (C=O) groups excluding carboxylic acids is 1. The van der Waals surface area contributed by atoms with E-state index in [0.717, 1.165) is 24.1 Å². The monoisotopic (exact) mass is 315 g/mol. The molecule has 0 bridgehead atoms. The maximum absolute atomic E-state index is 12.8. The first-order valence-electron chi connectivity index (χ1n) is 7.57. The number of benzene rings is 1. The van der Waals surface area contributed by atoms with E-state index in [1.807, 2.05) is 6.07 Å². The highest BCUT2D eigenvalue weighted by Crippen LogP contribution is 2.16. The van der Waals surface area contributed by atoms with Crippen LogP contribution < -0.4 is 10.6 Å². The first-order chi connectivity index (χ1) is 11.2. The average molecular weight is 315 g/mol. The summed E-state index contributed by atoms with van der Waals surface area (Å²) in [6, 6.07) is 9.89. The number of amides is 1. The standard InChI is InChI=1S/C17H18FN3O2/c18-13-5-3-12(4-6-13)10-19-14-7-8-16(20-11-14)21-17(22)15-2-1-9-23-15/h3-8,11,15,19H,1-2,9-10H2,(H,20,21,22). The van der Waals surface area contributed by atoms with Crippen molar-refractivity contribution in [1.29, 1.82) is 0 Å². The van der Waals surface area contributed by atoms with E-state index in [-0.39, 0.29) is 17.8 Å². The van der Waals surface area contributed by atoms with Crippen LogP contribution in [0.1, 0.15) is 18.4 Å². The highest BCUT2D eigenvalue weighted by Gasteiger charge is 2.23. The van der Waals surface area contributed by atoms with E-state index in [0.29, 0.717) is 19.0 Å². The Balaban J connectivity index is 1.52. The summed E-state index contributed by atoms with van der Waals surface area (Å²) in [4.78, 5) is 16.1. The van der Waals surface area contributed by atoms with Crippen LogP contribution in [0.2, 0.25) is 0 Å². The summed E-state index contributed by atoms with van der Waals surface area (Å²) in [6.07, 6.45) is 2.95. The minimum absolute atomic E-state index is 0.151. The highest BCUT2D eigenvalue weighted by molar-refractivity contribution is 5.93. The Hall–Kier alpha value is -2.47. The third-order valence-corrected chi connectivity index (χ3v) is 3.65. The third-order valence-electron chi connectivity index (χ3n) is 3.65. The van der Waals surface area contributed by atoms with Crippen LogP contribution in [0.25, 0.3) is 0 Å².